The Kier molecular flexibility index (Phi) is 6.48. The van der Waals surface area contributed by atoms with Crippen LogP contribution in [0.5, 0.6) is 0 Å². The number of aromatic nitrogens is 2. The average molecular weight is 505 g/mol. The minimum absolute atomic E-state index is 0.137. The van der Waals surface area contributed by atoms with Crippen LogP contribution in [0, 0.1) is 12.7 Å². The minimum atomic E-state index is -0.470. The number of hydrogen-bond acceptors (Lipinski definition) is 3. The zero-order chi connectivity index (χ0) is 26.1. The molecule has 5 aromatic rings. The van der Waals surface area contributed by atoms with Crippen molar-refractivity contribution < 1.29 is 9.18 Å². The van der Waals surface area contributed by atoms with Crippen LogP contribution in [-0.4, -0.2) is 51.3 Å². The Labute approximate surface area is 221 Å². The van der Waals surface area contributed by atoms with Gasteiger partial charge in [0.05, 0.1) is 17.0 Å². The molecule has 0 spiro atoms. The van der Waals surface area contributed by atoms with E-state index in [4.69, 9.17) is 4.98 Å². The summed E-state index contributed by atoms with van der Waals surface area (Å²) in [5.74, 6) is -0.715. The number of aryl methyl sites for hydroxylation is 1. The molecule has 0 saturated carbocycles. The van der Waals surface area contributed by atoms with Crippen molar-refractivity contribution in [2.24, 2.45) is 0 Å². The summed E-state index contributed by atoms with van der Waals surface area (Å²) in [7, 11) is 0. The van der Waals surface area contributed by atoms with E-state index in [0.29, 0.717) is 32.7 Å². The maximum Gasteiger partial charge on any atom is 0.256 e. The molecule has 0 unspecified atom stereocenters. The Hall–Kier alpha value is -4.29. The lowest BCUT2D eigenvalue weighted by Crippen LogP contribution is -2.48. The summed E-state index contributed by atoms with van der Waals surface area (Å²) < 4.78 is 16.4. The Balaban J connectivity index is 1.30. The van der Waals surface area contributed by atoms with Gasteiger partial charge in [0.2, 0.25) is 0 Å². The molecule has 5 nitrogen and oxygen atoms in total. The van der Waals surface area contributed by atoms with Crippen LogP contribution < -0.4 is 0 Å². The molecule has 2 aromatic heterocycles. The van der Waals surface area contributed by atoms with Gasteiger partial charge in [-0.1, -0.05) is 72.3 Å². The Bertz CT molecular complexity index is 1600. The third-order valence-corrected chi connectivity index (χ3v) is 7.25. The third kappa shape index (κ3) is 4.71. The minimum Gasteiger partial charge on any atom is -0.336 e. The molecule has 38 heavy (non-hydrogen) atoms. The van der Waals surface area contributed by atoms with Crippen LogP contribution in [0.4, 0.5) is 4.39 Å². The standard InChI is InChI=1S/C32H29FN4O/c1-23-8-7-11-25(20-23)26-14-15-30-34-31(24-9-3-2-4-10-24)29(37(30)21-26)22-35-16-18-36(19-17-35)32(38)27-12-5-6-13-28(27)33/h2-15,20-21H,16-19,22H2,1H3. The molecule has 1 aliphatic rings. The first kappa shape index (κ1) is 24.1. The molecule has 0 radical (unpaired) electrons. The van der Waals surface area contributed by atoms with Crippen molar-refractivity contribution in [1.82, 2.24) is 19.2 Å². The van der Waals surface area contributed by atoms with Crippen LogP contribution >= 0.6 is 0 Å². The summed E-state index contributed by atoms with van der Waals surface area (Å²) in [6.07, 6.45) is 2.18. The predicted octanol–water partition coefficient (Wildman–Crippen LogP) is 6.07. The molecule has 1 saturated heterocycles. The molecule has 190 valence electrons. The molecule has 1 aliphatic heterocycles. The van der Waals surface area contributed by atoms with Gasteiger partial charge >= 0.3 is 0 Å². The molecule has 0 atom stereocenters. The fraction of sp³-hybridized carbons (Fsp3) is 0.188. The quantitative estimate of drug-likeness (QED) is 0.292. The number of benzene rings is 3. The van der Waals surface area contributed by atoms with Crippen LogP contribution in [0.3, 0.4) is 0 Å². The van der Waals surface area contributed by atoms with Crippen molar-refractivity contribution in [3.05, 3.63) is 120 Å². The third-order valence-electron chi connectivity index (χ3n) is 7.25. The van der Waals surface area contributed by atoms with Crippen molar-refractivity contribution in [3.63, 3.8) is 0 Å². The summed E-state index contributed by atoms with van der Waals surface area (Å²) in [6.45, 7) is 5.33. The summed E-state index contributed by atoms with van der Waals surface area (Å²) >= 11 is 0. The molecular weight excluding hydrogens is 475 g/mol. The van der Waals surface area contributed by atoms with Gasteiger partial charge in [0.15, 0.2) is 0 Å². The van der Waals surface area contributed by atoms with Gasteiger partial charge in [-0.15, -0.1) is 0 Å². The molecule has 3 heterocycles. The van der Waals surface area contributed by atoms with E-state index in [-0.39, 0.29) is 11.5 Å². The normalized spacial score (nSPS) is 14.2. The number of nitrogens with zero attached hydrogens (tertiary/aromatic N) is 4. The van der Waals surface area contributed by atoms with E-state index in [1.165, 1.54) is 17.2 Å². The first-order valence-electron chi connectivity index (χ1n) is 13.0. The number of fused-ring (bicyclic) bond motifs is 1. The van der Waals surface area contributed by atoms with Gasteiger partial charge in [0, 0.05) is 44.5 Å². The SMILES string of the molecule is Cc1cccc(-c2ccc3nc(-c4ccccc4)c(CN4CCN(C(=O)c5ccccc5F)CC4)n3c2)c1. The van der Waals surface area contributed by atoms with Gasteiger partial charge in [0.25, 0.3) is 5.91 Å². The van der Waals surface area contributed by atoms with Crippen molar-refractivity contribution in [3.8, 4) is 22.4 Å². The highest BCUT2D eigenvalue weighted by molar-refractivity contribution is 5.94. The molecule has 6 heteroatoms. The van der Waals surface area contributed by atoms with E-state index in [0.717, 1.165) is 28.2 Å². The van der Waals surface area contributed by atoms with Gasteiger partial charge in [0.1, 0.15) is 11.5 Å². The summed E-state index contributed by atoms with van der Waals surface area (Å²) in [5.41, 5.74) is 7.75. The van der Waals surface area contributed by atoms with E-state index in [1.807, 2.05) is 18.2 Å². The van der Waals surface area contributed by atoms with Crippen molar-refractivity contribution >= 4 is 11.6 Å². The van der Waals surface area contributed by atoms with E-state index in [1.54, 1.807) is 23.1 Å². The summed E-state index contributed by atoms with van der Waals surface area (Å²) in [4.78, 5) is 22.0. The fourth-order valence-corrected chi connectivity index (χ4v) is 5.19. The van der Waals surface area contributed by atoms with Crippen LogP contribution in [0.25, 0.3) is 28.0 Å². The maximum atomic E-state index is 14.2. The van der Waals surface area contributed by atoms with E-state index in [2.05, 4.69) is 71.0 Å². The van der Waals surface area contributed by atoms with Crippen LogP contribution in [0.2, 0.25) is 0 Å². The summed E-state index contributed by atoms with van der Waals surface area (Å²) in [5, 5.41) is 0. The molecule has 6 rings (SSSR count). The first-order valence-corrected chi connectivity index (χ1v) is 13.0. The van der Waals surface area contributed by atoms with Crippen molar-refractivity contribution in [2.45, 2.75) is 13.5 Å². The van der Waals surface area contributed by atoms with Crippen molar-refractivity contribution in [2.75, 3.05) is 26.2 Å². The number of carbonyl (C=O) groups excluding carboxylic acids is 1. The molecule has 1 fully saturated rings. The first-order chi connectivity index (χ1) is 18.6. The molecule has 1 amide bonds. The average Bonchev–Trinajstić information content (AvgIpc) is 3.31. The van der Waals surface area contributed by atoms with Gasteiger partial charge in [-0.3, -0.25) is 9.69 Å². The van der Waals surface area contributed by atoms with E-state index in [9.17, 15) is 9.18 Å². The largest absolute Gasteiger partial charge is 0.336 e. The molecule has 0 N–H and O–H groups in total. The molecular formula is C32H29FN4O. The lowest BCUT2D eigenvalue weighted by atomic mass is 10.1. The number of halogens is 1. The fourth-order valence-electron chi connectivity index (χ4n) is 5.19. The van der Waals surface area contributed by atoms with Gasteiger partial charge in [-0.2, -0.15) is 0 Å². The topological polar surface area (TPSA) is 40.9 Å². The van der Waals surface area contributed by atoms with Gasteiger partial charge in [-0.25, -0.2) is 9.37 Å². The second-order valence-electron chi connectivity index (χ2n) is 9.84. The lowest BCUT2D eigenvalue weighted by Gasteiger charge is -2.34. The van der Waals surface area contributed by atoms with E-state index >= 15 is 0 Å². The number of imidazole rings is 1. The van der Waals surface area contributed by atoms with Crippen molar-refractivity contribution in [1.29, 1.82) is 0 Å². The van der Waals surface area contributed by atoms with Gasteiger partial charge < -0.3 is 9.30 Å². The highest BCUT2D eigenvalue weighted by Crippen LogP contribution is 2.29. The van der Waals surface area contributed by atoms with Gasteiger partial charge in [-0.05, 0) is 42.3 Å². The number of rotatable bonds is 5. The zero-order valence-corrected chi connectivity index (χ0v) is 21.3. The lowest BCUT2D eigenvalue weighted by molar-refractivity contribution is 0.0622. The zero-order valence-electron chi connectivity index (χ0n) is 21.3. The van der Waals surface area contributed by atoms with Crippen LogP contribution in [0.1, 0.15) is 21.6 Å². The molecule has 3 aromatic carbocycles. The second kappa shape index (κ2) is 10.2. The Morgan fingerprint density at radius 2 is 1.55 bits per heavy atom. The number of pyridine rings is 1. The van der Waals surface area contributed by atoms with E-state index < -0.39 is 5.82 Å². The number of piperazine rings is 1. The Morgan fingerprint density at radius 1 is 0.816 bits per heavy atom. The van der Waals surface area contributed by atoms with Crippen LogP contribution in [-0.2, 0) is 6.54 Å². The molecule has 0 aliphatic carbocycles. The highest BCUT2D eigenvalue weighted by Gasteiger charge is 2.25. The predicted molar refractivity (Wildman–Crippen MR) is 148 cm³/mol. The highest BCUT2D eigenvalue weighted by atomic mass is 19.1. The number of hydrogen-bond donors (Lipinski definition) is 0. The number of carbonyl (C=O) groups is 1. The smallest absolute Gasteiger partial charge is 0.256 e. The van der Waals surface area contributed by atoms with Crippen LogP contribution in [0.15, 0.2) is 97.2 Å². The maximum absolute atomic E-state index is 14.2. The Morgan fingerprint density at radius 3 is 2.32 bits per heavy atom. The molecule has 0 bridgehead atoms. The second-order valence-corrected chi connectivity index (χ2v) is 9.84. The number of amides is 1. The monoisotopic (exact) mass is 504 g/mol. The summed E-state index contributed by atoms with van der Waals surface area (Å²) in [6, 6.07) is 29.2.